The molecule has 4 heteroatoms. The summed E-state index contributed by atoms with van der Waals surface area (Å²) in [5, 5.41) is 24.8. The van der Waals surface area contributed by atoms with Crippen LogP contribution in [0, 0.1) is 0 Å². The van der Waals surface area contributed by atoms with Crippen LogP contribution in [0.5, 0.6) is 11.5 Å². The molecule has 0 aliphatic rings. The first kappa shape index (κ1) is 26.1. The molecule has 0 saturated heterocycles. The average Bonchev–Trinajstić information content (AvgIpc) is 2.71. The Kier molecular flexibility index (Phi) is 6.86. The molecule has 34 heavy (non-hydrogen) atoms. The third-order valence-electron chi connectivity index (χ3n) is 6.34. The Morgan fingerprint density at radius 2 is 0.971 bits per heavy atom. The fourth-order valence-electron chi connectivity index (χ4n) is 4.57. The Morgan fingerprint density at radius 1 is 0.559 bits per heavy atom. The molecule has 3 nitrogen and oxygen atoms in total. The van der Waals surface area contributed by atoms with Gasteiger partial charge in [-0.2, -0.15) is 0 Å². The monoisotopic (exact) mass is 477 g/mol. The van der Waals surface area contributed by atoms with E-state index in [1.807, 2.05) is 66.7 Å². The topological polar surface area (TPSA) is 52.8 Å². The third-order valence-corrected chi connectivity index (χ3v) is 10.9. The van der Waals surface area contributed by atoms with Gasteiger partial charge in [-0.15, -0.1) is 0 Å². The van der Waals surface area contributed by atoms with E-state index in [2.05, 4.69) is 62.3 Å². The molecule has 0 spiro atoms. The molecule has 0 atom stereocenters. The maximum Gasteiger partial charge on any atom is 0.128 e. The largest absolute Gasteiger partial charge is 0.507 e. The highest BCUT2D eigenvalue weighted by atomic mass is 31.2. The standard InChI is InChI=1S/C30H40NO2P/c1-28(2,3)22-17-13-19-24(26(22)32)34(30(7,8)9,31-21-15-11-10-12-16-21)25-20-14-18-23(27(25)33)29(4,5)6/h10-20,32-33H,1-9H3. The predicted molar refractivity (Wildman–Crippen MR) is 148 cm³/mol. The molecule has 0 heterocycles. The van der Waals surface area contributed by atoms with Crippen molar-refractivity contribution in [2.24, 2.45) is 4.74 Å². The molecule has 0 radical (unpaired) electrons. The minimum absolute atomic E-state index is 0.240. The number of phenolic OH excluding ortho intramolecular Hbond substituents is 2. The van der Waals surface area contributed by atoms with E-state index in [-0.39, 0.29) is 27.5 Å². The fourth-order valence-corrected chi connectivity index (χ4v) is 8.73. The number of hydrogen-bond donors (Lipinski definition) is 2. The number of aromatic hydroxyl groups is 2. The number of nitrogens with zero attached hydrogens (tertiary/aromatic N) is 1. The van der Waals surface area contributed by atoms with Gasteiger partial charge in [0.05, 0.1) is 5.69 Å². The maximum absolute atomic E-state index is 11.8. The highest BCUT2D eigenvalue weighted by molar-refractivity contribution is 7.82. The summed E-state index contributed by atoms with van der Waals surface area (Å²) in [5.41, 5.74) is 2.12. The number of rotatable bonds is 3. The zero-order chi connectivity index (χ0) is 25.5. The maximum atomic E-state index is 11.8. The minimum Gasteiger partial charge on any atom is -0.507 e. The predicted octanol–water partition coefficient (Wildman–Crippen LogP) is 7.98. The van der Waals surface area contributed by atoms with Crippen LogP contribution in [0.15, 0.2) is 71.5 Å². The first-order valence-corrected chi connectivity index (χ1v) is 13.7. The molecule has 3 rings (SSSR count). The summed E-state index contributed by atoms with van der Waals surface area (Å²) in [6.07, 6.45) is 0. The Balaban J connectivity index is 2.61. The van der Waals surface area contributed by atoms with Gasteiger partial charge in [-0.25, -0.2) is 0 Å². The number of benzene rings is 3. The first-order valence-electron chi connectivity index (χ1n) is 11.9. The van der Waals surface area contributed by atoms with E-state index in [1.165, 1.54) is 0 Å². The molecule has 0 fully saturated rings. The molecule has 0 unspecified atom stereocenters. The third kappa shape index (κ3) is 4.68. The zero-order valence-electron chi connectivity index (χ0n) is 22.1. The second-order valence-corrected chi connectivity index (χ2v) is 15.9. The summed E-state index contributed by atoms with van der Waals surface area (Å²) in [5.74, 6) is 0.553. The van der Waals surface area contributed by atoms with Crippen molar-refractivity contribution in [2.45, 2.75) is 78.3 Å². The smallest absolute Gasteiger partial charge is 0.128 e. The van der Waals surface area contributed by atoms with E-state index in [0.717, 1.165) is 27.4 Å². The van der Waals surface area contributed by atoms with Crippen molar-refractivity contribution in [3.63, 3.8) is 0 Å². The van der Waals surface area contributed by atoms with Gasteiger partial charge in [-0.3, -0.25) is 4.74 Å². The SMILES string of the molecule is CC(C)(C)c1cccc(P(=Nc2ccccc2)(c2cccc(C(C)(C)C)c2O)C(C)(C)C)c1O. The van der Waals surface area contributed by atoms with Crippen molar-refractivity contribution in [1.29, 1.82) is 0 Å². The van der Waals surface area contributed by atoms with Crippen LogP contribution in [-0.4, -0.2) is 15.4 Å². The quantitative estimate of drug-likeness (QED) is 0.376. The summed E-state index contributed by atoms with van der Waals surface area (Å²) in [6, 6.07) is 21.9. The van der Waals surface area contributed by atoms with Crippen molar-refractivity contribution in [2.75, 3.05) is 0 Å². The van der Waals surface area contributed by atoms with Gasteiger partial charge in [-0.05, 0) is 46.2 Å². The molecule has 0 bridgehead atoms. The number of hydrogen-bond acceptors (Lipinski definition) is 3. The van der Waals surface area contributed by atoms with Crippen molar-refractivity contribution >= 4 is 23.4 Å². The van der Waals surface area contributed by atoms with Gasteiger partial charge in [0, 0.05) is 22.8 Å². The molecule has 0 amide bonds. The van der Waals surface area contributed by atoms with E-state index in [4.69, 9.17) is 4.74 Å². The van der Waals surface area contributed by atoms with Gasteiger partial charge in [0.2, 0.25) is 0 Å². The highest BCUT2D eigenvalue weighted by Gasteiger charge is 2.43. The molecule has 2 N–H and O–H groups in total. The molecular weight excluding hydrogens is 437 g/mol. The van der Waals surface area contributed by atoms with Crippen LogP contribution < -0.4 is 10.6 Å². The molecule has 3 aromatic carbocycles. The fraction of sp³-hybridized carbons (Fsp3) is 0.400. The van der Waals surface area contributed by atoms with Crippen molar-refractivity contribution in [3.05, 3.63) is 77.9 Å². The van der Waals surface area contributed by atoms with Crippen molar-refractivity contribution in [3.8, 4) is 11.5 Å². The molecule has 0 aliphatic carbocycles. The lowest BCUT2D eigenvalue weighted by atomic mass is 9.86. The van der Waals surface area contributed by atoms with Crippen LogP contribution in [0.3, 0.4) is 0 Å². The summed E-state index contributed by atoms with van der Waals surface area (Å²) in [6.45, 7) is 19.1. The van der Waals surface area contributed by atoms with Crippen molar-refractivity contribution < 1.29 is 10.2 Å². The van der Waals surface area contributed by atoms with Gasteiger partial charge >= 0.3 is 0 Å². The summed E-state index contributed by atoms with van der Waals surface area (Å²) in [7, 11) is -2.75. The Hall–Kier alpha value is -2.51. The van der Waals surface area contributed by atoms with Crippen LogP contribution >= 0.6 is 7.05 Å². The molecule has 182 valence electrons. The molecule has 0 saturated carbocycles. The average molecular weight is 478 g/mol. The van der Waals surface area contributed by atoms with E-state index in [9.17, 15) is 10.2 Å². The Bertz CT molecular complexity index is 1160. The van der Waals surface area contributed by atoms with Gasteiger partial charge in [0.15, 0.2) is 0 Å². The minimum atomic E-state index is -2.75. The number of phenols is 2. The van der Waals surface area contributed by atoms with E-state index >= 15 is 0 Å². The number of para-hydroxylation sites is 2. The van der Waals surface area contributed by atoms with Gasteiger partial charge in [-0.1, -0.05) is 105 Å². The lowest BCUT2D eigenvalue weighted by Gasteiger charge is -2.40. The lowest BCUT2D eigenvalue weighted by Crippen LogP contribution is -2.33. The van der Waals surface area contributed by atoms with Crippen LogP contribution in [0.2, 0.25) is 0 Å². The van der Waals surface area contributed by atoms with E-state index in [1.54, 1.807) is 0 Å². The van der Waals surface area contributed by atoms with Gasteiger partial charge < -0.3 is 10.2 Å². The first-order chi connectivity index (χ1) is 15.6. The molecular formula is C30H40NO2P. The second-order valence-electron chi connectivity index (χ2n) is 12.1. The molecule has 0 aliphatic heterocycles. The summed E-state index contributed by atoms with van der Waals surface area (Å²) in [4.78, 5) is 0. The normalized spacial score (nSPS) is 13.1. The van der Waals surface area contributed by atoms with Gasteiger partial charge in [0.1, 0.15) is 11.5 Å². The van der Waals surface area contributed by atoms with E-state index in [0.29, 0.717) is 0 Å². The summed E-state index contributed by atoms with van der Waals surface area (Å²) < 4.78 is 5.46. The van der Waals surface area contributed by atoms with Crippen LogP contribution in [0.25, 0.3) is 0 Å². The van der Waals surface area contributed by atoms with Crippen LogP contribution in [0.4, 0.5) is 5.69 Å². The summed E-state index contributed by atoms with van der Waals surface area (Å²) >= 11 is 0. The zero-order valence-corrected chi connectivity index (χ0v) is 23.0. The van der Waals surface area contributed by atoms with Crippen molar-refractivity contribution in [1.82, 2.24) is 0 Å². The van der Waals surface area contributed by atoms with Crippen LogP contribution in [-0.2, 0) is 10.8 Å². The molecule has 3 aromatic rings. The van der Waals surface area contributed by atoms with Crippen LogP contribution in [0.1, 0.15) is 73.4 Å². The Morgan fingerprint density at radius 3 is 1.32 bits per heavy atom. The van der Waals surface area contributed by atoms with E-state index < -0.39 is 7.05 Å². The lowest BCUT2D eigenvalue weighted by molar-refractivity contribution is 0.450. The molecule has 0 aromatic heterocycles. The second kappa shape index (κ2) is 8.93. The van der Waals surface area contributed by atoms with Gasteiger partial charge in [0.25, 0.3) is 0 Å². The highest BCUT2D eigenvalue weighted by Crippen LogP contribution is 2.64. The Labute approximate surface area is 206 Å².